The van der Waals surface area contributed by atoms with E-state index in [9.17, 15) is 9.59 Å². The summed E-state index contributed by atoms with van der Waals surface area (Å²) in [4.78, 5) is 25.4. The molecule has 0 aromatic rings. The van der Waals surface area contributed by atoms with Crippen LogP contribution in [-0.2, 0) is 14.3 Å². The first-order valence-corrected chi connectivity index (χ1v) is 6.86. The van der Waals surface area contributed by atoms with Crippen LogP contribution < -0.4 is 5.32 Å². The zero-order chi connectivity index (χ0) is 13.4. The molecule has 0 aromatic heterocycles. The molecular formula is C13H24N2O3. The van der Waals surface area contributed by atoms with Gasteiger partial charge >= 0.3 is 5.97 Å². The van der Waals surface area contributed by atoms with Gasteiger partial charge in [0.2, 0.25) is 5.91 Å². The van der Waals surface area contributed by atoms with Gasteiger partial charge in [-0.3, -0.25) is 14.9 Å². The number of hydrogen-bond donors (Lipinski definition) is 1. The van der Waals surface area contributed by atoms with Crippen molar-refractivity contribution in [3.8, 4) is 0 Å². The Morgan fingerprint density at radius 1 is 1.28 bits per heavy atom. The summed E-state index contributed by atoms with van der Waals surface area (Å²) in [6, 6.07) is -0.360. The molecule has 0 bridgehead atoms. The van der Waals surface area contributed by atoms with Crippen molar-refractivity contribution in [1.29, 1.82) is 0 Å². The lowest BCUT2D eigenvalue weighted by Gasteiger charge is -2.19. The number of rotatable bonds is 7. The molecule has 1 heterocycles. The van der Waals surface area contributed by atoms with E-state index in [-0.39, 0.29) is 24.5 Å². The summed E-state index contributed by atoms with van der Waals surface area (Å²) in [6.45, 7) is 6.09. The molecule has 1 rings (SSSR count). The van der Waals surface area contributed by atoms with Gasteiger partial charge in [0, 0.05) is 13.1 Å². The molecule has 0 aliphatic carbocycles. The third-order valence-electron chi connectivity index (χ3n) is 3.11. The first kappa shape index (κ1) is 15.0. The topological polar surface area (TPSA) is 58.6 Å². The molecule has 104 valence electrons. The first-order valence-electron chi connectivity index (χ1n) is 6.86. The number of nitrogens with one attached hydrogen (secondary N) is 1. The van der Waals surface area contributed by atoms with Crippen molar-refractivity contribution >= 4 is 11.9 Å². The van der Waals surface area contributed by atoms with E-state index in [4.69, 9.17) is 4.74 Å². The van der Waals surface area contributed by atoms with Gasteiger partial charge in [-0.25, -0.2) is 0 Å². The number of likely N-dealkylation sites (tertiary alicyclic amines) is 1. The van der Waals surface area contributed by atoms with Crippen molar-refractivity contribution in [3.05, 3.63) is 0 Å². The van der Waals surface area contributed by atoms with Crippen molar-refractivity contribution in [2.45, 2.75) is 45.6 Å². The third kappa shape index (κ3) is 4.64. The van der Waals surface area contributed by atoms with Crippen LogP contribution in [0.25, 0.3) is 0 Å². The van der Waals surface area contributed by atoms with E-state index in [1.165, 1.54) is 0 Å². The van der Waals surface area contributed by atoms with Crippen LogP contribution in [0, 0.1) is 0 Å². The number of hydrogen-bond acceptors (Lipinski definition) is 4. The fourth-order valence-electron chi connectivity index (χ4n) is 2.12. The predicted octanol–water partition coefficient (Wildman–Crippen LogP) is 0.930. The number of carbonyl (C=O) groups is 2. The number of nitrogens with zero attached hydrogens (tertiary/aromatic N) is 1. The van der Waals surface area contributed by atoms with Crippen molar-refractivity contribution in [2.24, 2.45) is 0 Å². The van der Waals surface area contributed by atoms with Gasteiger partial charge < -0.3 is 9.64 Å². The molecule has 5 heteroatoms. The lowest BCUT2D eigenvalue weighted by Crippen LogP contribution is -2.44. The van der Waals surface area contributed by atoms with Gasteiger partial charge in [-0.05, 0) is 26.2 Å². The molecule has 1 saturated heterocycles. The van der Waals surface area contributed by atoms with Gasteiger partial charge in [-0.2, -0.15) is 0 Å². The van der Waals surface area contributed by atoms with E-state index in [1.54, 1.807) is 6.92 Å². The minimum Gasteiger partial charge on any atom is -0.465 e. The van der Waals surface area contributed by atoms with Crippen LogP contribution in [0.2, 0.25) is 0 Å². The average molecular weight is 256 g/mol. The highest BCUT2D eigenvalue weighted by Gasteiger charge is 2.22. The second-order valence-corrected chi connectivity index (χ2v) is 4.56. The highest BCUT2D eigenvalue weighted by molar-refractivity contribution is 5.80. The Bertz CT molecular complexity index is 275. The second-order valence-electron chi connectivity index (χ2n) is 4.56. The molecule has 0 saturated carbocycles. The average Bonchev–Trinajstić information content (AvgIpc) is 2.88. The molecule has 1 atom stereocenters. The Labute approximate surface area is 109 Å². The minimum atomic E-state index is -0.360. The predicted molar refractivity (Wildman–Crippen MR) is 69.1 cm³/mol. The number of ether oxygens (including phenoxy) is 1. The molecule has 1 amide bonds. The summed E-state index contributed by atoms with van der Waals surface area (Å²) in [7, 11) is 0. The van der Waals surface area contributed by atoms with Gasteiger partial charge in [0.1, 0.15) is 6.04 Å². The normalized spacial score (nSPS) is 16.7. The van der Waals surface area contributed by atoms with Gasteiger partial charge in [0.25, 0.3) is 0 Å². The number of esters is 1. The zero-order valence-corrected chi connectivity index (χ0v) is 11.4. The summed E-state index contributed by atoms with van der Waals surface area (Å²) < 4.78 is 4.99. The van der Waals surface area contributed by atoms with E-state index in [0.29, 0.717) is 13.0 Å². The minimum absolute atomic E-state index is 0.0814. The largest absolute Gasteiger partial charge is 0.465 e. The Morgan fingerprint density at radius 2 is 1.94 bits per heavy atom. The molecule has 5 nitrogen and oxygen atoms in total. The van der Waals surface area contributed by atoms with Crippen LogP contribution in [0.4, 0.5) is 0 Å². The van der Waals surface area contributed by atoms with E-state index in [0.717, 1.165) is 32.4 Å². The van der Waals surface area contributed by atoms with Crippen LogP contribution in [0.3, 0.4) is 0 Å². The van der Waals surface area contributed by atoms with Gasteiger partial charge in [-0.15, -0.1) is 0 Å². The summed E-state index contributed by atoms with van der Waals surface area (Å²) >= 11 is 0. The SMILES string of the molecule is CCCC(NCC(=O)N1CCCC1)C(=O)OCC. The molecule has 0 radical (unpaired) electrons. The molecule has 1 unspecified atom stereocenters. The van der Waals surface area contributed by atoms with Crippen LogP contribution in [0.5, 0.6) is 0 Å². The summed E-state index contributed by atoms with van der Waals surface area (Å²) in [6.07, 6.45) is 3.75. The Hall–Kier alpha value is -1.10. The van der Waals surface area contributed by atoms with E-state index >= 15 is 0 Å². The Morgan fingerprint density at radius 3 is 2.50 bits per heavy atom. The summed E-state index contributed by atoms with van der Waals surface area (Å²) in [5, 5.41) is 3.02. The first-order chi connectivity index (χ1) is 8.69. The van der Waals surface area contributed by atoms with Crippen LogP contribution in [0.1, 0.15) is 39.5 Å². The van der Waals surface area contributed by atoms with Gasteiger partial charge in [-0.1, -0.05) is 13.3 Å². The smallest absolute Gasteiger partial charge is 0.323 e. The second kappa shape index (κ2) is 8.08. The maximum atomic E-state index is 11.8. The molecule has 1 aliphatic heterocycles. The quantitative estimate of drug-likeness (QED) is 0.688. The fraction of sp³-hybridized carbons (Fsp3) is 0.846. The van der Waals surface area contributed by atoms with Gasteiger partial charge in [0.15, 0.2) is 0 Å². The van der Waals surface area contributed by atoms with Crippen molar-refractivity contribution in [3.63, 3.8) is 0 Å². The van der Waals surface area contributed by atoms with E-state index in [1.807, 2.05) is 11.8 Å². The number of amides is 1. The maximum absolute atomic E-state index is 11.8. The van der Waals surface area contributed by atoms with Gasteiger partial charge in [0.05, 0.1) is 13.2 Å². The molecule has 1 N–H and O–H groups in total. The van der Waals surface area contributed by atoms with Crippen molar-refractivity contribution < 1.29 is 14.3 Å². The maximum Gasteiger partial charge on any atom is 0.323 e. The van der Waals surface area contributed by atoms with Crippen LogP contribution in [0.15, 0.2) is 0 Å². The summed E-state index contributed by atoms with van der Waals surface area (Å²) in [5.74, 6) is -0.175. The Balaban J connectivity index is 2.35. The molecular weight excluding hydrogens is 232 g/mol. The lowest BCUT2D eigenvalue weighted by atomic mass is 10.1. The van der Waals surface area contributed by atoms with E-state index < -0.39 is 0 Å². The van der Waals surface area contributed by atoms with E-state index in [2.05, 4.69) is 5.32 Å². The lowest BCUT2D eigenvalue weighted by molar-refractivity contribution is -0.146. The zero-order valence-electron chi connectivity index (χ0n) is 11.4. The van der Waals surface area contributed by atoms with Crippen LogP contribution in [-0.4, -0.2) is 49.1 Å². The molecule has 1 aliphatic rings. The molecule has 18 heavy (non-hydrogen) atoms. The molecule has 0 aromatic carbocycles. The monoisotopic (exact) mass is 256 g/mol. The highest BCUT2D eigenvalue weighted by atomic mass is 16.5. The summed E-state index contributed by atoms with van der Waals surface area (Å²) in [5.41, 5.74) is 0. The fourth-order valence-corrected chi connectivity index (χ4v) is 2.12. The molecule has 1 fully saturated rings. The number of carbonyl (C=O) groups excluding carboxylic acids is 2. The standard InChI is InChI=1S/C13H24N2O3/c1-3-7-11(13(17)18-4-2)14-10-12(16)15-8-5-6-9-15/h11,14H,3-10H2,1-2H3. The third-order valence-corrected chi connectivity index (χ3v) is 3.11. The molecule has 0 spiro atoms. The van der Waals surface area contributed by atoms with Crippen molar-refractivity contribution in [1.82, 2.24) is 10.2 Å². The Kier molecular flexibility index (Phi) is 6.72. The van der Waals surface area contributed by atoms with Crippen molar-refractivity contribution in [2.75, 3.05) is 26.2 Å². The van der Waals surface area contributed by atoms with Crippen LogP contribution >= 0.6 is 0 Å². The highest BCUT2D eigenvalue weighted by Crippen LogP contribution is 2.07.